The summed E-state index contributed by atoms with van der Waals surface area (Å²) < 4.78 is 0. The van der Waals surface area contributed by atoms with Crippen molar-refractivity contribution in [2.24, 2.45) is 0 Å². The van der Waals surface area contributed by atoms with Crippen LogP contribution in [0.4, 0.5) is 0 Å². The number of hydrogen-bond acceptors (Lipinski definition) is 2. The van der Waals surface area contributed by atoms with Gasteiger partial charge < -0.3 is 0 Å². The Morgan fingerprint density at radius 2 is 2.67 bits per heavy atom. The number of nitrogens with one attached hydrogen (secondary N) is 1. The van der Waals surface area contributed by atoms with Crippen molar-refractivity contribution in [2.45, 2.75) is 11.5 Å². The van der Waals surface area contributed by atoms with Gasteiger partial charge in [-0.1, -0.05) is 0 Å². The zero-order valence-electron chi connectivity index (χ0n) is 3.35. The normalized spacial score (nSPS) is 34.5. The van der Waals surface area contributed by atoms with E-state index in [0.717, 1.165) is 10.8 Å². The fourth-order valence-electron chi connectivity index (χ4n) is 0.385. The van der Waals surface area contributed by atoms with Gasteiger partial charge in [-0.2, -0.15) is 0 Å². The van der Waals surface area contributed by atoms with Gasteiger partial charge in [0.05, 0.1) is 0 Å². The van der Waals surface area contributed by atoms with Gasteiger partial charge in [-0.05, 0) is 0 Å². The Hall–Kier alpha value is 0.439. The molecule has 6 heavy (non-hydrogen) atoms. The predicted octanol–water partition coefficient (Wildman–Crippen LogP) is -1.01. The van der Waals surface area contributed by atoms with Gasteiger partial charge in [-0.25, -0.2) is 0 Å². The van der Waals surface area contributed by atoms with Crippen LogP contribution in [0.3, 0.4) is 0 Å². The van der Waals surface area contributed by atoms with Gasteiger partial charge in [0.15, 0.2) is 0 Å². The van der Waals surface area contributed by atoms with Crippen LogP contribution in [0.5, 0.6) is 0 Å². The molecule has 1 atom stereocenters. The Morgan fingerprint density at radius 3 is 2.83 bits per heavy atom. The summed E-state index contributed by atoms with van der Waals surface area (Å²) in [5.74, 6) is 0. The number of aliphatic hydroxyl groups excluding tert-OH is 1. The molecule has 0 aromatic heterocycles. The second-order valence-electron chi connectivity index (χ2n) is 1.24. The summed E-state index contributed by atoms with van der Waals surface area (Å²) in [5, 5.41) is 12.5. The van der Waals surface area contributed by atoms with E-state index in [2.05, 4.69) is 5.32 Å². The molecule has 2 N–H and O–H groups in total. The SMILES string of the molecule is OC1C[Se]CN1. The molecule has 1 aliphatic rings. The van der Waals surface area contributed by atoms with Crippen LogP contribution in [0.25, 0.3) is 0 Å². The molecule has 0 aliphatic carbocycles. The minimum absolute atomic E-state index is 0.176. The number of aliphatic hydroxyl groups is 1. The monoisotopic (exact) mass is 153 g/mol. The Labute approximate surface area is 43.1 Å². The minimum atomic E-state index is -0.176. The van der Waals surface area contributed by atoms with Crippen molar-refractivity contribution in [3.05, 3.63) is 0 Å². The first-order chi connectivity index (χ1) is 2.89. The molecular formula is C3H7NOSe. The van der Waals surface area contributed by atoms with E-state index in [1.807, 2.05) is 0 Å². The Kier molecular flexibility index (Phi) is 1.48. The van der Waals surface area contributed by atoms with Gasteiger partial charge in [-0.15, -0.1) is 0 Å². The molecule has 0 radical (unpaired) electrons. The van der Waals surface area contributed by atoms with Crippen LogP contribution < -0.4 is 5.32 Å². The van der Waals surface area contributed by atoms with Gasteiger partial charge in [0.1, 0.15) is 0 Å². The summed E-state index contributed by atoms with van der Waals surface area (Å²) in [4.78, 5) is 0. The zero-order chi connectivity index (χ0) is 4.41. The van der Waals surface area contributed by atoms with E-state index in [0.29, 0.717) is 15.0 Å². The molecule has 0 aromatic rings. The van der Waals surface area contributed by atoms with E-state index in [-0.39, 0.29) is 6.23 Å². The van der Waals surface area contributed by atoms with E-state index in [1.165, 1.54) is 0 Å². The summed E-state index contributed by atoms with van der Waals surface area (Å²) in [6, 6.07) is 0. The Bertz CT molecular complexity index is 44.1. The molecule has 1 rings (SSSR count). The average Bonchev–Trinajstić information content (AvgIpc) is 1.86. The third-order valence-electron chi connectivity index (χ3n) is 0.697. The second kappa shape index (κ2) is 1.94. The molecule has 3 heteroatoms. The van der Waals surface area contributed by atoms with Crippen LogP contribution >= 0.6 is 0 Å². The third kappa shape index (κ3) is 0.949. The summed E-state index contributed by atoms with van der Waals surface area (Å²) in [6.45, 7) is 0. The molecule has 0 spiro atoms. The van der Waals surface area contributed by atoms with Crippen LogP contribution in [0.15, 0.2) is 0 Å². The van der Waals surface area contributed by atoms with Crippen molar-refractivity contribution in [3.8, 4) is 0 Å². The van der Waals surface area contributed by atoms with Crippen molar-refractivity contribution in [1.29, 1.82) is 0 Å². The molecule has 1 heterocycles. The summed E-state index contributed by atoms with van der Waals surface area (Å²) >= 11 is 0.680. The second-order valence-corrected chi connectivity index (χ2v) is 3.40. The van der Waals surface area contributed by atoms with Crippen LogP contribution in [0.1, 0.15) is 0 Å². The van der Waals surface area contributed by atoms with Gasteiger partial charge in [0, 0.05) is 0 Å². The first kappa shape index (κ1) is 4.59. The molecule has 1 unspecified atom stereocenters. The standard InChI is InChI=1S/C3H7NOSe/c5-3-1-6-2-4-3/h3-5H,1-2H2. The van der Waals surface area contributed by atoms with Crippen molar-refractivity contribution in [3.63, 3.8) is 0 Å². The van der Waals surface area contributed by atoms with Crippen molar-refractivity contribution in [1.82, 2.24) is 5.32 Å². The van der Waals surface area contributed by atoms with Gasteiger partial charge in [0.25, 0.3) is 0 Å². The van der Waals surface area contributed by atoms with Crippen LogP contribution in [0.2, 0.25) is 5.32 Å². The topological polar surface area (TPSA) is 32.3 Å². The molecule has 36 valence electrons. The Balaban J connectivity index is 2.18. The van der Waals surface area contributed by atoms with Crippen molar-refractivity contribution < 1.29 is 5.11 Å². The van der Waals surface area contributed by atoms with Crippen molar-refractivity contribution >= 4 is 15.0 Å². The molecule has 0 amide bonds. The van der Waals surface area contributed by atoms with E-state index < -0.39 is 0 Å². The van der Waals surface area contributed by atoms with Crippen molar-refractivity contribution in [2.75, 3.05) is 5.44 Å². The van der Waals surface area contributed by atoms with Gasteiger partial charge in [-0.3, -0.25) is 0 Å². The molecule has 1 aliphatic heterocycles. The van der Waals surface area contributed by atoms with E-state index in [9.17, 15) is 0 Å². The van der Waals surface area contributed by atoms with Crippen LogP contribution in [-0.4, -0.2) is 31.7 Å². The van der Waals surface area contributed by atoms with E-state index in [4.69, 9.17) is 5.11 Å². The fourth-order valence-corrected chi connectivity index (χ4v) is 2.00. The average molecular weight is 152 g/mol. The molecule has 0 bridgehead atoms. The van der Waals surface area contributed by atoms with E-state index >= 15 is 0 Å². The predicted molar refractivity (Wildman–Crippen MR) is 24.6 cm³/mol. The summed E-state index contributed by atoms with van der Waals surface area (Å²) in [7, 11) is 0. The van der Waals surface area contributed by atoms with Crippen LogP contribution in [0, 0.1) is 0 Å². The maximum absolute atomic E-state index is 8.63. The molecule has 1 fully saturated rings. The zero-order valence-corrected chi connectivity index (χ0v) is 5.06. The molecule has 0 aromatic carbocycles. The maximum atomic E-state index is 8.63. The molecule has 0 saturated carbocycles. The summed E-state index contributed by atoms with van der Waals surface area (Å²) in [5.41, 5.74) is 1.05. The first-order valence-corrected chi connectivity index (χ1v) is 4.31. The molecule has 1 saturated heterocycles. The van der Waals surface area contributed by atoms with Gasteiger partial charge >= 0.3 is 42.4 Å². The number of rotatable bonds is 0. The van der Waals surface area contributed by atoms with E-state index in [1.54, 1.807) is 0 Å². The molecular weight excluding hydrogens is 145 g/mol. The molecule has 2 nitrogen and oxygen atoms in total. The fraction of sp³-hybridized carbons (Fsp3) is 1.00. The third-order valence-corrected chi connectivity index (χ3v) is 2.63. The Morgan fingerprint density at radius 1 is 1.83 bits per heavy atom. The quantitative estimate of drug-likeness (QED) is 0.436. The number of hydrogen-bond donors (Lipinski definition) is 2. The van der Waals surface area contributed by atoms with Crippen LogP contribution in [-0.2, 0) is 0 Å². The first-order valence-electron chi connectivity index (χ1n) is 1.89. The summed E-state index contributed by atoms with van der Waals surface area (Å²) in [6.07, 6.45) is -0.176. The van der Waals surface area contributed by atoms with Gasteiger partial charge in [0.2, 0.25) is 0 Å².